The molecule has 0 saturated heterocycles. The number of methoxy groups -OCH3 is 1. The van der Waals surface area contributed by atoms with Gasteiger partial charge in [-0.2, -0.15) is 0 Å². The molecule has 5 nitrogen and oxygen atoms in total. The molecule has 0 bridgehead atoms. The monoisotopic (exact) mass is 521 g/mol. The molecule has 0 spiro atoms. The zero-order valence-electron chi connectivity index (χ0n) is 21.2. The average molecular weight is 522 g/mol. The van der Waals surface area contributed by atoms with Crippen molar-refractivity contribution in [3.05, 3.63) is 76.3 Å². The fraction of sp³-hybridized carbons (Fsp3) is 0.310. The number of ether oxygens (including phenoxy) is 1. The van der Waals surface area contributed by atoms with Gasteiger partial charge in [-0.3, -0.25) is 4.79 Å². The Morgan fingerprint density at radius 2 is 1.92 bits per heavy atom. The van der Waals surface area contributed by atoms with Crippen molar-refractivity contribution < 1.29 is 9.53 Å². The summed E-state index contributed by atoms with van der Waals surface area (Å²) in [6, 6.07) is 17.7. The topological polar surface area (TPSA) is 56.2 Å². The zero-order valence-corrected chi connectivity index (χ0v) is 22.7. The number of unbranched alkanes of at least 4 members (excludes halogenated alkanes) is 1. The molecule has 2 aromatic carbocycles. The maximum Gasteiger partial charge on any atom is 0.253 e. The van der Waals surface area contributed by atoms with Crippen molar-refractivity contribution in [2.45, 2.75) is 52.5 Å². The Morgan fingerprint density at radius 3 is 2.58 bits per heavy atom. The number of thiazole rings is 1. The van der Waals surface area contributed by atoms with Gasteiger partial charge < -0.3 is 14.6 Å². The highest BCUT2D eigenvalue weighted by molar-refractivity contribution is 7.13. The third-order valence-electron chi connectivity index (χ3n) is 6.43. The molecule has 36 heavy (non-hydrogen) atoms. The number of carbonyl (C=O) groups excluding carboxylic acids is 1. The molecule has 4 rings (SSSR count). The van der Waals surface area contributed by atoms with E-state index in [9.17, 15) is 4.79 Å². The lowest BCUT2D eigenvalue weighted by atomic mass is 10.1. The highest BCUT2D eigenvalue weighted by atomic mass is 35.5. The Kier molecular flexibility index (Phi) is 8.49. The van der Waals surface area contributed by atoms with Gasteiger partial charge in [0.05, 0.1) is 29.1 Å². The Bertz CT molecular complexity index is 1330. The maximum absolute atomic E-state index is 13.4. The molecule has 188 valence electrons. The number of rotatable bonds is 10. The maximum atomic E-state index is 13.4. The van der Waals surface area contributed by atoms with Crippen molar-refractivity contribution in [2.24, 2.45) is 0 Å². The van der Waals surface area contributed by atoms with E-state index < -0.39 is 0 Å². The fourth-order valence-electron chi connectivity index (χ4n) is 4.33. The molecule has 1 atom stereocenters. The summed E-state index contributed by atoms with van der Waals surface area (Å²) in [6.07, 6.45) is 4.10. The van der Waals surface area contributed by atoms with E-state index in [0.29, 0.717) is 10.6 Å². The van der Waals surface area contributed by atoms with Gasteiger partial charge in [0, 0.05) is 28.4 Å². The fourth-order valence-corrected chi connectivity index (χ4v) is 5.46. The number of nitrogens with zero attached hydrogens (tertiary/aromatic N) is 2. The van der Waals surface area contributed by atoms with Crippen LogP contribution in [0.1, 0.15) is 55.6 Å². The molecule has 4 aromatic rings. The summed E-state index contributed by atoms with van der Waals surface area (Å²) in [5, 5.41) is 6.78. The third-order valence-corrected chi connectivity index (χ3v) is 7.63. The predicted molar refractivity (Wildman–Crippen MR) is 150 cm³/mol. The SMILES string of the molecule is CCCCC(CC)NC(=O)c1cc(-c2csc(-c3ccccc3Cl)n2)n(-c2ccc(OC)cc2)c1C. The molecule has 2 aromatic heterocycles. The molecule has 0 aliphatic carbocycles. The van der Waals surface area contributed by atoms with Crippen molar-refractivity contribution in [3.8, 4) is 33.4 Å². The van der Waals surface area contributed by atoms with E-state index in [-0.39, 0.29) is 11.9 Å². The van der Waals surface area contributed by atoms with Gasteiger partial charge in [-0.15, -0.1) is 11.3 Å². The second-order valence-corrected chi connectivity index (χ2v) is 10.1. The first kappa shape index (κ1) is 26.0. The van der Waals surface area contributed by atoms with Gasteiger partial charge in [-0.05, 0) is 56.2 Å². The van der Waals surface area contributed by atoms with E-state index in [4.69, 9.17) is 21.3 Å². The molecule has 1 amide bonds. The van der Waals surface area contributed by atoms with Gasteiger partial charge >= 0.3 is 0 Å². The number of hydrogen-bond donors (Lipinski definition) is 1. The van der Waals surface area contributed by atoms with Crippen molar-refractivity contribution in [3.63, 3.8) is 0 Å². The minimum Gasteiger partial charge on any atom is -0.497 e. The molecule has 1 N–H and O–H groups in total. The van der Waals surface area contributed by atoms with Crippen molar-refractivity contribution in [1.82, 2.24) is 14.9 Å². The standard InChI is InChI=1S/C29H32ClN3O2S/c1-5-7-10-20(6-2)31-28(34)24-17-27(33(19(24)3)21-13-15-22(35-4)16-14-21)26-18-36-29(32-26)23-11-8-9-12-25(23)30/h8-9,11-18,20H,5-7,10H2,1-4H3,(H,31,34). The smallest absolute Gasteiger partial charge is 0.253 e. The normalized spacial score (nSPS) is 11.9. The summed E-state index contributed by atoms with van der Waals surface area (Å²) in [5.74, 6) is 0.727. The van der Waals surface area contributed by atoms with E-state index in [1.54, 1.807) is 7.11 Å². The summed E-state index contributed by atoms with van der Waals surface area (Å²) in [7, 11) is 1.65. The van der Waals surface area contributed by atoms with Crippen LogP contribution in [0.2, 0.25) is 5.02 Å². The summed E-state index contributed by atoms with van der Waals surface area (Å²) >= 11 is 7.97. The van der Waals surface area contributed by atoms with Crippen LogP contribution in [0.5, 0.6) is 5.75 Å². The first-order valence-electron chi connectivity index (χ1n) is 12.3. The van der Waals surface area contributed by atoms with Crippen molar-refractivity contribution in [2.75, 3.05) is 7.11 Å². The van der Waals surface area contributed by atoms with Gasteiger partial charge in [0.25, 0.3) is 5.91 Å². The van der Waals surface area contributed by atoms with Crippen LogP contribution in [0.3, 0.4) is 0 Å². The Morgan fingerprint density at radius 1 is 1.17 bits per heavy atom. The van der Waals surface area contributed by atoms with Gasteiger partial charge in [0.1, 0.15) is 10.8 Å². The van der Waals surface area contributed by atoms with E-state index in [0.717, 1.165) is 64.8 Å². The largest absolute Gasteiger partial charge is 0.497 e. The van der Waals surface area contributed by atoms with Gasteiger partial charge in [0.15, 0.2) is 0 Å². The second-order valence-electron chi connectivity index (χ2n) is 8.80. The van der Waals surface area contributed by atoms with E-state index in [2.05, 4.69) is 23.7 Å². The lowest BCUT2D eigenvalue weighted by Crippen LogP contribution is -2.34. The van der Waals surface area contributed by atoms with Crippen LogP contribution in [0, 0.1) is 6.92 Å². The van der Waals surface area contributed by atoms with Crippen LogP contribution in [0.25, 0.3) is 27.6 Å². The Labute approximate surface area is 222 Å². The molecule has 1 unspecified atom stereocenters. The number of hydrogen-bond acceptors (Lipinski definition) is 4. The molecule has 7 heteroatoms. The third kappa shape index (κ3) is 5.50. The van der Waals surface area contributed by atoms with Crippen LogP contribution >= 0.6 is 22.9 Å². The molecule has 0 aliphatic heterocycles. The summed E-state index contributed by atoms with van der Waals surface area (Å²) in [6.45, 7) is 6.27. The predicted octanol–water partition coefficient (Wildman–Crippen LogP) is 7.94. The molecule has 0 fully saturated rings. The minimum atomic E-state index is -0.0504. The van der Waals surface area contributed by atoms with Crippen molar-refractivity contribution in [1.29, 1.82) is 0 Å². The second kappa shape index (κ2) is 11.8. The van der Waals surface area contributed by atoms with Crippen LogP contribution in [0.4, 0.5) is 0 Å². The highest BCUT2D eigenvalue weighted by Crippen LogP contribution is 2.36. The van der Waals surface area contributed by atoms with E-state index in [1.165, 1.54) is 11.3 Å². The Hall–Kier alpha value is -3.09. The Balaban J connectivity index is 1.77. The first-order chi connectivity index (χ1) is 17.5. The summed E-state index contributed by atoms with van der Waals surface area (Å²) < 4.78 is 7.44. The van der Waals surface area contributed by atoms with Crippen molar-refractivity contribution >= 4 is 28.8 Å². The van der Waals surface area contributed by atoms with Gasteiger partial charge in [0.2, 0.25) is 0 Å². The summed E-state index contributed by atoms with van der Waals surface area (Å²) in [5.41, 5.74) is 5.01. The van der Waals surface area contributed by atoms with E-state index in [1.807, 2.05) is 66.9 Å². The average Bonchev–Trinajstić information content (AvgIpc) is 3.51. The van der Waals surface area contributed by atoms with Crippen LogP contribution in [-0.4, -0.2) is 28.6 Å². The number of amides is 1. The van der Waals surface area contributed by atoms with Crippen LogP contribution in [0.15, 0.2) is 60.0 Å². The number of halogens is 1. The molecule has 0 aliphatic rings. The number of nitrogens with one attached hydrogen (secondary N) is 1. The van der Waals surface area contributed by atoms with Gasteiger partial charge in [-0.25, -0.2) is 4.98 Å². The minimum absolute atomic E-state index is 0.0504. The van der Waals surface area contributed by atoms with Crippen LogP contribution in [-0.2, 0) is 0 Å². The molecule has 2 heterocycles. The quantitative estimate of drug-likeness (QED) is 0.230. The molecule has 0 saturated carbocycles. The number of aromatic nitrogens is 2. The molecular weight excluding hydrogens is 490 g/mol. The lowest BCUT2D eigenvalue weighted by molar-refractivity contribution is 0.0932. The number of carbonyl (C=O) groups is 1. The van der Waals surface area contributed by atoms with Gasteiger partial charge in [-0.1, -0.05) is 56.5 Å². The van der Waals surface area contributed by atoms with Crippen LogP contribution < -0.4 is 10.1 Å². The summed E-state index contributed by atoms with van der Waals surface area (Å²) in [4.78, 5) is 18.3. The van der Waals surface area contributed by atoms with E-state index >= 15 is 0 Å². The lowest BCUT2D eigenvalue weighted by Gasteiger charge is -2.17. The zero-order chi connectivity index (χ0) is 25.7. The highest BCUT2D eigenvalue weighted by Gasteiger charge is 2.23. The molecular formula is C29H32ClN3O2S. The number of benzene rings is 2. The molecule has 0 radical (unpaired) electrons. The first-order valence-corrected chi connectivity index (χ1v) is 13.6.